The van der Waals surface area contributed by atoms with E-state index in [9.17, 15) is 9.59 Å². The molecule has 7 nitrogen and oxygen atoms in total. The van der Waals surface area contributed by atoms with Gasteiger partial charge in [0.05, 0.1) is 6.21 Å². The Bertz CT molecular complexity index is 926. The molecule has 0 fully saturated rings. The first-order valence-electron chi connectivity index (χ1n) is 8.08. The molecule has 3 rings (SSSR count). The quantitative estimate of drug-likeness (QED) is 0.416. The molecule has 0 atom stereocenters. The molecule has 0 aliphatic heterocycles. The van der Waals surface area contributed by atoms with Crippen LogP contribution in [-0.2, 0) is 9.59 Å². The summed E-state index contributed by atoms with van der Waals surface area (Å²) >= 11 is 0. The Hall–Kier alpha value is -4.00. The number of ether oxygens (including phenoxy) is 1. The molecule has 0 spiro atoms. The van der Waals surface area contributed by atoms with Gasteiger partial charge in [-0.15, -0.1) is 0 Å². The van der Waals surface area contributed by atoms with Crippen molar-refractivity contribution in [1.29, 1.82) is 0 Å². The first kappa shape index (κ1) is 17.8. The smallest absolute Gasteiger partial charge is 0.329 e. The predicted molar refractivity (Wildman–Crippen MR) is 102 cm³/mol. The van der Waals surface area contributed by atoms with Gasteiger partial charge in [-0.3, -0.25) is 14.6 Å². The maximum Gasteiger partial charge on any atom is 0.329 e. The first-order chi connectivity index (χ1) is 13.2. The molecule has 0 bridgehead atoms. The van der Waals surface area contributed by atoms with Crippen LogP contribution in [-0.4, -0.2) is 23.0 Å². The van der Waals surface area contributed by atoms with Gasteiger partial charge in [0.1, 0.15) is 11.5 Å². The van der Waals surface area contributed by atoms with E-state index in [0.29, 0.717) is 22.7 Å². The van der Waals surface area contributed by atoms with E-state index >= 15 is 0 Å². The van der Waals surface area contributed by atoms with Gasteiger partial charge in [-0.05, 0) is 42.5 Å². The molecule has 27 heavy (non-hydrogen) atoms. The van der Waals surface area contributed by atoms with E-state index in [-0.39, 0.29) is 0 Å². The summed E-state index contributed by atoms with van der Waals surface area (Å²) in [7, 11) is 0. The normalized spacial score (nSPS) is 10.4. The van der Waals surface area contributed by atoms with Crippen LogP contribution in [0.2, 0.25) is 0 Å². The fourth-order valence-electron chi connectivity index (χ4n) is 2.09. The molecule has 2 aromatic carbocycles. The lowest BCUT2D eigenvalue weighted by molar-refractivity contribution is -0.136. The zero-order valence-electron chi connectivity index (χ0n) is 14.2. The zero-order chi connectivity index (χ0) is 18.9. The third kappa shape index (κ3) is 5.50. The van der Waals surface area contributed by atoms with Crippen molar-refractivity contribution in [3.05, 3.63) is 84.7 Å². The minimum Gasteiger partial charge on any atom is -0.457 e. The van der Waals surface area contributed by atoms with E-state index < -0.39 is 11.8 Å². The Morgan fingerprint density at radius 2 is 1.63 bits per heavy atom. The Labute approximate surface area is 155 Å². The van der Waals surface area contributed by atoms with E-state index in [4.69, 9.17) is 4.74 Å². The van der Waals surface area contributed by atoms with Crippen molar-refractivity contribution >= 4 is 23.7 Å². The van der Waals surface area contributed by atoms with Crippen molar-refractivity contribution in [2.24, 2.45) is 5.10 Å². The number of nitrogens with zero attached hydrogens (tertiary/aromatic N) is 2. The molecule has 0 saturated carbocycles. The predicted octanol–water partition coefficient (Wildman–Crippen LogP) is 2.96. The zero-order valence-corrected chi connectivity index (χ0v) is 14.2. The van der Waals surface area contributed by atoms with Crippen LogP contribution in [0, 0.1) is 0 Å². The van der Waals surface area contributed by atoms with Gasteiger partial charge in [0, 0.05) is 23.6 Å². The lowest BCUT2D eigenvalue weighted by Gasteiger charge is -2.07. The lowest BCUT2D eigenvalue weighted by atomic mass is 10.3. The van der Waals surface area contributed by atoms with Crippen molar-refractivity contribution in [3.63, 3.8) is 0 Å². The molecular formula is C20H16N4O3. The van der Waals surface area contributed by atoms with Crippen LogP contribution < -0.4 is 15.5 Å². The molecule has 1 heterocycles. The number of aromatic nitrogens is 1. The molecular weight excluding hydrogens is 344 g/mol. The van der Waals surface area contributed by atoms with E-state index in [1.54, 1.807) is 48.8 Å². The number of carbonyl (C=O) groups excluding carboxylic acids is 2. The number of carbonyl (C=O) groups is 2. The maximum atomic E-state index is 11.9. The van der Waals surface area contributed by atoms with E-state index in [1.165, 1.54) is 6.21 Å². The average Bonchev–Trinajstić information content (AvgIpc) is 2.71. The van der Waals surface area contributed by atoms with Crippen LogP contribution >= 0.6 is 0 Å². The van der Waals surface area contributed by atoms with Gasteiger partial charge in [0.15, 0.2) is 0 Å². The molecule has 1 aromatic heterocycles. The molecule has 0 aliphatic carbocycles. The van der Waals surface area contributed by atoms with E-state index in [0.717, 1.165) is 0 Å². The monoisotopic (exact) mass is 360 g/mol. The molecule has 2 N–H and O–H groups in total. The van der Waals surface area contributed by atoms with Gasteiger partial charge in [0.25, 0.3) is 0 Å². The van der Waals surface area contributed by atoms with Crippen LogP contribution in [0.3, 0.4) is 0 Å². The van der Waals surface area contributed by atoms with Crippen molar-refractivity contribution < 1.29 is 14.3 Å². The summed E-state index contributed by atoms with van der Waals surface area (Å²) in [5.74, 6) is -0.375. The minimum absolute atomic E-state index is 0.465. The highest BCUT2D eigenvalue weighted by molar-refractivity contribution is 6.39. The van der Waals surface area contributed by atoms with Crippen LogP contribution in [0.1, 0.15) is 5.56 Å². The van der Waals surface area contributed by atoms with Gasteiger partial charge in [-0.1, -0.05) is 24.3 Å². The lowest BCUT2D eigenvalue weighted by Crippen LogP contribution is -2.32. The number of nitrogens with one attached hydrogen (secondary N) is 2. The van der Waals surface area contributed by atoms with Crippen molar-refractivity contribution in [1.82, 2.24) is 10.4 Å². The molecule has 0 unspecified atom stereocenters. The second kappa shape index (κ2) is 8.91. The number of pyridine rings is 1. The highest BCUT2D eigenvalue weighted by atomic mass is 16.5. The Morgan fingerprint density at radius 3 is 2.33 bits per heavy atom. The van der Waals surface area contributed by atoms with Gasteiger partial charge >= 0.3 is 11.8 Å². The SMILES string of the molecule is O=C(N/N=C/c1cccnc1)C(=O)Nc1ccc(Oc2ccccc2)cc1. The second-order valence-electron chi connectivity index (χ2n) is 5.38. The number of hydrazone groups is 1. The van der Waals surface area contributed by atoms with Crippen LogP contribution in [0.15, 0.2) is 84.2 Å². The topological polar surface area (TPSA) is 92.7 Å². The largest absolute Gasteiger partial charge is 0.457 e. The van der Waals surface area contributed by atoms with Crippen molar-refractivity contribution in [2.45, 2.75) is 0 Å². The molecule has 134 valence electrons. The number of para-hydroxylation sites is 1. The Morgan fingerprint density at radius 1 is 0.889 bits per heavy atom. The minimum atomic E-state index is -0.875. The molecule has 2 amide bonds. The molecule has 0 radical (unpaired) electrons. The number of rotatable bonds is 5. The van der Waals surface area contributed by atoms with E-state index in [1.807, 2.05) is 30.3 Å². The number of benzene rings is 2. The van der Waals surface area contributed by atoms with Crippen molar-refractivity contribution in [3.8, 4) is 11.5 Å². The molecule has 0 aliphatic rings. The highest BCUT2D eigenvalue weighted by Gasteiger charge is 2.12. The number of hydrogen-bond acceptors (Lipinski definition) is 5. The summed E-state index contributed by atoms with van der Waals surface area (Å²) in [6.07, 6.45) is 4.60. The third-order valence-electron chi connectivity index (χ3n) is 3.36. The second-order valence-corrected chi connectivity index (χ2v) is 5.38. The van der Waals surface area contributed by atoms with E-state index in [2.05, 4.69) is 20.8 Å². The first-order valence-corrected chi connectivity index (χ1v) is 8.08. The van der Waals surface area contributed by atoms with Crippen LogP contribution in [0.4, 0.5) is 5.69 Å². The van der Waals surface area contributed by atoms with Crippen LogP contribution in [0.5, 0.6) is 11.5 Å². The highest BCUT2D eigenvalue weighted by Crippen LogP contribution is 2.22. The molecule has 0 saturated heterocycles. The van der Waals surface area contributed by atoms with Gasteiger partial charge in [-0.2, -0.15) is 5.10 Å². The maximum absolute atomic E-state index is 11.9. The fraction of sp³-hybridized carbons (Fsp3) is 0. The summed E-state index contributed by atoms with van der Waals surface area (Å²) in [5.41, 5.74) is 3.33. The summed E-state index contributed by atoms with van der Waals surface area (Å²) in [4.78, 5) is 27.6. The number of anilines is 1. The summed E-state index contributed by atoms with van der Waals surface area (Å²) in [5, 5.41) is 6.21. The summed E-state index contributed by atoms with van der Waals surface area (Å²) in [6, 6.07) is 19.5. The summed E-state index contributed by atoms with van der Waals surface area (Å²) < 4.78 is 5.66. The number of hydrogen-bond donors (Lipinski definition) is 2. The number of amides is 2. The summed E-state index contributed by atoms with van der Waals surface area (Å²) in [6.45, 7) is 0. The standard InChI is InChI=1S/C20H16N4O3/c25-19(20(26)24-22-14-15-5-4-12-21-13-15)23-16-8-10-18(11-9-16)27-17-6-2-1-3-7-17/h1-14H,(H,23,25)(H,24,26)/b22-14+. The van der Waals surface area contributed by atoms with Crippen LogP contribution in [0.25, 0.3) is 0 Å². The Kier molecular flexibility index (Phi) is 5.88. The Balaban J connectivity index is 1.51. The van der Waals surface area contributed by atoms with Gasteiger partial charge < -0.3 is 10.1 Å². The average molecular weight is 360 g/mol. The van der Waals surface area contributed by atoms with Gasteiger partial charge in [-0.25, -0.2) is 5.43 Å². The third-order valence-corrected chi connectivity index (χ3v) is 3.36. The van der Waals surface area contributed by atoms with Crippen molar-refractivity contribution in [2.75, 3.05) is 5.32 Å². The molecule has 3 aromatic rings. The fourth-order valence-corrected chi connectivity index (χ4v) is 2.09. The van der Waals surface area contributed by atoms with Gasteiger partial charge in [0.2, 0.25) is 0 Å². The molecule has 7 heteroatoms.